The third-order valence-electron chi connectivity index (χ3n) is 3.53. The molecule has 6 heteroatoms. The minimum absolute atomic E-state index is 0.0310. The smallest absolute Gasteiger partial charge is 0.263 e. The minimum atomic E-state index is -0.0310. The average molecular weight is 328 g/mol. The van der Waals surface area contributed by atoms with E-state index in [1.165, 1.54) is 11.3 Å². The van der Waals surface area contributed by atoms with Crippen molar-refractivity contribution in [3.05, 3.63) is 59.6 Å². The Kier molecular flexibility index (Phi) is 4.92. The van der Waals surface area contributed by atoms with Crippen molar-refractivity contribution < 1.29 is 4.79 Å². The van der Waals surface area contributed by atoms with Gasteiger partial charge in [-0.05, 0) is 30.7 Å². The van der Waals surface area contributed by atoms with Crippen LogP contribution in [0, 0.1) is 0 Å². The Balaban J connectivity index is 1.70. The molecule has 3 aromatic rings. The topological polar surface area (TPSA) is 51.9 Å². The standard InChI is InChI=1S/C17H20N4OS/c1-2-7-14-15(23-17(19-14)21-11-5-6-12-21)16(22)18-8-13-20-9-3-4-10-20/h3-6,9-12H,2,7-8,13H2,1H3,(H,18,22). The lowest BCUT2D eigenvalue weighted by molar-refractivity contribution is 0.0955. The fourth-order valence-electron chi connectivity index (χ4n) is 2.39. The van der Waals surface area contributed by atoms with Crippen molar-refractivity contribution in [2.24, 2.45) is 0 Å². The number of hydrogen-bond donors (Lipinski definition) is 1. The SMILES string of the molecule is CCCc1nc(-n2cccc2)sc1C(=O)NCCn1cccc1. The molecule has 0 unspecified atom stereocenters. The molecular weight excluding hydrogens is 308 g/mol. The van der Waals surface area contributed by atoms with Gasteiger partial charge in [-0.3, -0.25) is 4.79 Å². The number of aromatic nitrogens is 3. The van der Waals surface area contributed by atoms with Crippen molar-refractivity contribution in [3.8, 4) is 5.13 Å². The molecule has 23 heavy (non-hydrogen) atoms. The van der Waals surface area contributed by atoms with Crippen molar-refractivity contribution in [1.29, 1.82) is 0 Å². The maximum absolute atomic E-state index is 12.5. The number of nitrogens with one attached hydrogen (secondary N) is 1. The first-order chi connectivity index (χ1) is 11.3. The summed E-state index contributed by atoms with van der Waals surface area (Å²) in [7, 11) is 0. The summed E-state index contributed by atoms with van der Waals surface area (Å²) in [4.78, 5) is 17.9. The van der Waals surface area contributed by atoms with Crippen LogP contribution in [0.1, 0.15) is 28.7 Å². The van der Waals surface area contributed by atoms with Gasteiger partial charge in [0.1, 0.15) is 4.88 Å². The van der Waals surface area contributed by atoms with Crippen LogP contribution in [0.4, 0.5) is 0 Å². The highest BCUT2D eigenvalue weighted by Crippen LogP contribution is 2.23. The Morgan fingerprint density at radius 2 is 1.87 bits per heavy atom. The molecular formula is C17H20N4OS. The molecule has 1 N–H and O–H groups in total. The van der Waals surface area contributed by atoms with Crippen molar-refractivity contribution in [1.82, 2.24) is 19.4 Å². The molecule has 0 saturated heterocycles. The predicted molar refractivity (Wildman–Crippen MR) is 92.2 cm³/mol. The van der Waals surface area contributed by atoms with Crippen molar-refractivity contribution in [2.45, 2.75) is 26.3 Å². The first-order valence-corrected chi connectivity index (χ1v) is 8.61. The molecule has 3 rings (SSSR count). The van der Waals surface area contributed by atoms with Gasteiger partial charge < -0.3 is 14.5 Å². The molecule has 0 aliphatic carbocycles. The maximum atomic E-state index is 12.5. The molecule has 5 nitrogen and oxygen atoms in total. The van der Waals surface area contributed by atoms with Crippen LogP contribution in [0.5, 0.6) is 0 Å². The summed E-state index contributed by atoms with van der Waals surface area (Å²) >= 11 is 1.45. The van der Waals surface area contributed by atoms with Crippen molar-refractivity contribution in [3.63, 3.8) is 0 Å². The predicted octanol–water partition coefficient (Wildman–Crippen LogP) is 3.12. The summed E-state index contributed by atoms with van der Waals surface area (Å²) in [6.45, 7) is 3.48. The maximum Gasteiger partial charge on any atom is 0.263 e. The van der Waals surface area contributed by atoms with Crippen LogP contribution in [0.15, 0.2) is 49.1 Å². The Bertz CT molecular complexity index is 744. The normalized spacial score (nSPS) is 10.8. The molecule has 0 saturated carbocycles. The van der Waals surface area contributed by atoms with Gasteiger partial charge in [0.15, 0.2) is 5.13 Å². The van der Waals surface area contributed by atoms with E-state index in [-0.39, 0.29) is 5.91 Å². The van der Waals surface area contributed by atoms with Gasteiger partial charge in [0.05, 0.1) is 5.69 Å². The first kappa shape index (κ1) is 15.6. The second kappa shape index (κ2) is 7.28. The lowest BCUT2D eigenvalue weighted by atomic mass is 10.2. The largest absolute Gasteiger partial charge is 0.353 e. The van der Waals surface area contributed by atoms with E-state index in [4.69, 9.17) is 0 Å². The number of rotatable bonds is 7. The van der Waals surface area contributed by atoms with E-state index in [0.717, 1.165) is 35.1 Å². The molecule has 3 heterocycles. The number of aryl methyl sites for hydroxylation is 1. The summed E-state index contributed by atoms with van der Waals surface area (Å²) in [5.41, 5.74) is 0.889. The molecule has 0 radical (unpaired) electrons. The van der Waals surface area contributed by atoms with Crippen LogP contribution in [0.25, 0.3) is 5.13 Å². The number of carbonyl (C=O) groups excluding carboxylic acids is 1. The Morgan fingerprint density at radius 1 is 1.17 bits per heavy atom. The number of hydrogen-bond acceptors (Lipinski definition) is 3. The molecule has 3 aromatic heterocycles. The Morgan fingerprint density at radius 3 is 2.57 bits per heavy atom. The first-order valence-electron chi connectivity index (χ1n) is 7.80. The fourth-order valence-corrected chi connectivity index (χ4v) is 3.39. The summed E-state index contributed by atoms with van der Waals surface area (Å²) in [6, 6.07) is 7.87. The van der Waals surface area contributed by atoms with Gasteiger partial charge in [0.25, 0.3) is 5.91 Å². The van der Waals surface area contributed by atoms with Gasteiger partial charge in [-0.25, -0.2) is 4.98 Å². The zero-order chi connectivity index (χ0) is 16.1. The molecule has 0 atom stereocenters. The zero-order valence-corrected chi connectivity index (χ0v) is 13.9. The number of nitrogens with zero attached hydrogens (tertiary/aromatic N) is 3. The van der Waals surface area contributed by atoms with Gasteiger partial charge in [0, 0.05) is 37.9 Å². The summed E-state index contributed by atoms with van der Waals surface area (Å²) in [5, 5.41) is 3.84. The third kappa shape index (κ3) is 3.71. The van der Waals surface area contributed by atoms with Crippen LogP contribution in [-0.2, 0) is 13.0 Å². The van der Waals surface area contributed by atoms with Crippen LogP contribution in [-0.4, -0.2) is 26.6 Å². The quantitative estimate of drug-likeness (QED) is 0.724. The molecule has 0 spiro atoms. The van der Waals surface area contributed by atoms with E-state index >= 15 is 0 Å². The lowest BCUT2D eigenvalue weighted by Crippen LogP contribution is -2.27. The summed E-state index contributed by atoms with van der Waals surface area (Å²) < 4.78 is 3.99. The van der Waals surface area contributed by atoms with Gasteiger partial charge in [-0.2, -0.15) is 0 Å². The van der Waals surface area contributed by atoms with Gasteiger partial charge in [0.2, 0.25) is 0 Å². The van der Waals surface area contributed by atoms with Crippen LogP contribution in [0.2, 0.25) is 0 Å². The second-order valence-electron chi connectivity index (χ2n) is 5.29. The molecule has 0 aromatic carbocycles. The molecule has 0 fully saturated rings. The van der Waals surface area contributed by atoms with Crippen molar-refractivity contribution in [2.75, 3.05) is 6.54 Å². The average Bonchev–Trinajstić information content (AvgIpc) is 3.29. The van der Waals surface area contributed by atoms with E-state index in [1.54, 1.807) is 0 Å². The van der Waals surface area contributed by atoms with Gasteiger partial charge >= 0.3 is 0 Å². The summed E-state index contributed by atoms with van der Waals surface area (Å²) in [5.74, 6) is -0.0310. The Labute approximate surface area is 139 Å². The lowest BCUT2D eigenvalue weighted by Gasteiger charge is -2.05. The van der Waals surface area contributed by atoms with Crippen LogP contribution >= 0.6 is 11.3 Å². The molecule has 0 bridgehead atoms. The Hall–Kier alpha value is -2.34. The summed E-state index contributed by atoms with van der Waals surface area (Å²) in [6.07, 6.45) is 9.66. The van der Waals surface area contributed by atoms with Gasteiger partial charge in [-0.1, -0.05) is 24.7 Å². The van der Waals surface area contributed by atoms with E-state index in [9.17, 15) is 4.79 Å². The monoisotopic (exact) mass is 328 g/mol. The highest BCUT2D eigenvalue weighted by atomic mass is 32.1. The zero-order valence-electron chi connectivity index (χ0n) is 13.1. The minimum Gasteiger partial charge on any atom is -0.353 e. The molecule has 0 aliphatic rings. The number of thiazole rings is 1. The highest BCUT2D eigenvalue weighted by Gasteiger charge is 2.17. The van der Waals surface area contributed by atoms with E-state index in [0.29, 0.717) is 6.54 Å². The fraction of sp³-hybridized carbons (Fsp3) is 0.294. The van der Waals surface area contributed by atoms with Crippen molar-refractivity contribution >= 4 is 17.2 Å². The second-order valence-corrected chi connectivity index (χ2v) is 6.27. The van der Waals surface area contributed by atoms with E-state index in [1.807, 2.05) is 58.2 Å². The van der Waals surface area contributed by atoms with Crippen LogP contribution in [0.3, 0.4) is 0 Å². The number of carbonyl (C=O) groups is 1. The molecule has 120 valence electrons. The molecule has 1 amide bonds. The van der Waals surface area contributed by atoms with Crippen LogP contribution < -0.4 is 5.32 Å². The van der Waals surface area contributed by atoms with Gasteiger partial charge in [-0.15, -0.1) is 0 Å². The van der Waals surface area contributed by atoms with E-state index in [2.05, 4.69) is 17.2 Å². The highest BCUT2D eigenvalue weighted by molar-refractivity contribution is 7.16. The van der Waals surface area contributed by atoms with E-state index < -0.39 is 0 Å². The number of amides is 1. The molecule has 0 aliphatic heterocycles. The third-order valence-corrected chi connectivity index (χ3v) is 4.64.